The van der Waals surface area contributed by atoms with Crippen molar-refractivity contribution in [2.24, 2.45) is 4.99 Å². The van der Waals surface area contributed by atoms with Gasteiger partial charge in [-0.3, -0.25) is 4.99 Å². The number of methoxy groups -OCH3 is 1. The second-order valence-electron chi connectivity index (χ2n) is 6.72. The summed E-state index contributed by atoms with van der Waals surface area (Å²) in [6.07, 6.45) is 2.34. The van der Waals surface area contributed by atoms with Crippen LogP contribution < -0.4 is 10.6 Å². The minimum atomic E-state index is 0.510. The zero-order valence-corrected chi connectivity index (χ0v) is 15.5. The van der Waals surface area contributed by atoms with Gasteiger partial charge in [0.05, 0.1) is 6.61 Å². The van der Waals surface area contributed by atoms with Crippen LogP contribution in [0, 0.1) is 0 Å². The Balaban J connectivity index is 1.76. The normalized spacial score (nSPS) is 17.3. The molecule has 1 aliphatic heterocycles. The predicted molar refractivity (Wildman–Crippen MR) is 100 cm³/mol. The maximum atomic E-state index is 5.14. The van der Waals surface area contributed by atoms with Gasteiger partial charge in [0.1, 0.15) is 0 Å². The van der Waals surface area contributed by atoms with Gasteiger partial charge in [0, 0.05) is 45.9 Å². The van der Waals surface area contributed by atoms with Crippen LogP contribution in [0.1, 0.15) is 37.8 Å². The van der Waals surface area contributed by atoms with Crippen LogP contribution in [0.4, 0.5) is 0 Å². The van der Waals surface area contributed by atoms with E-state index in [0.717, 1.165) is 25.6 Å². The van der Waals surface area contributed by atoms with E-state index in [9.17, 15) is 0 Å². The molecule has 5 heteroatoms. The summed E-state index contributed by atoms with van der Waals surface area (Å²) < 4.78 is 5.14. The molecule has 24 heavy (non-hydrogen) atoms. The first-order valence-electron chi connectivity index (χ1n) is 8.90. The number of nitrogens with one attached hydrogen (secondary N) is 2. The van der Waals surface area contributed by atoms with Crippen molar-refractivity contribution in [1.82, 2.24) is 15.5 Å². The molecule has 1 heterocycles. The molecule has 2 rings (SSSR count). The van der Waals surface area contributed by atoms with Crippen LogP contribution in [0.25, 0.3) is 0 Å². The number of rotatable bonds is 6. The molecular formula is C19H32N4O. The third-order valence-corrected chi connectivity index (χ3v) is 4.62. The maximum Gasteiger partial charge on any atom is 0.191 e. The Kier molecular flexibility index (Phi) is 7.53. The van der Waals surface area contributed by atoms with Gasteiger partial charge in [0.2, 0.25) is 0 Å². The van der Waals surface area contributed by atoms with Crippen molar-refractivity contribution in [3.05, 3.63) is 35.4 Å². The zero-order chi connectivity index (χ0) is 17.4. The van der Waals surface area contributed by atoms with Gasteiger partial charge in [-0.1, -0.05) is 24.3 Å². The maximum absolute atomic E-state index is 5.14. The molecule has 0 aliphatic carbocycles. The Bertz CT molecular complexity index is 505. The van der Waals surface area contributed by atoms with Crippen molar-refractivity contribution in [3.63, 3.8) is 0 Å². The molecule has 0 amide bonds. The van der Waals surface area contributed by atoms with Gasteiger partial charge in [-0.25, -0.2) is 0 Å². The molecule has 1 fully saturated rings. The van der Waals surface area contributed by atoms with E-state index >= 15 is 0 Å². The average molecular weight is 332 g/mol. The highest BCUT2D eigenvalue weighted by Crippen LogP contribution is 2.13. The molecule has 1 aromatic carbocycles. The van der Waals surface area contributed by atoms with Crippen molar-refractivity contribution in [2.45, 2.75) is 51.9 Å². The Hall–Kier alpha value is -1.59. The predicted octanol–water partition coefficient (Wildman–Crippen LogP) is 2.37. The van der Waals surface area contributed by atoms with Gasteiger partial charge in [-0.15, -0.1) is 0 Å². The minimum absolute atomic E-state index is 0.510. The molecule has 0 aromatic heterocycles. The summed E-state index contributed by atoms with van der Waals surface area (Å²) >= 11 is 0. The van der Waals surface area contributed by atoms with E-state index in [1.54, 1.807) is 7.11 Å². The second-order valence-corrected chi connectivity index (χ2v) is 6.72. The van der Waals surface area contributed by atoms with Gasteiger partial charge in [0.15, 0.2) is 5.96 Å². The number of guanidine groups is 1. The highest BCUT2D eigenvalue weighted by Gasteiger charge is 2.21. The largest absolute Gasteiger partial charge is 0.380 e. The fraction of sp³-hybridized carbons (Fsp3) is 0.632. The summed E-state index contributed by atoms with van der Waals surface area (Å²) in [6, 6.07) is 9.64. The van der Waals surface area contributed by atoms with E-state index in [1.165, 1.54) is 24.0 Å². The van der Waals surface area contributed by atoms with E-state index in [1.807, 2.05) is 7.05 Å². The second kappa shape index (κ2) is 9.64. The molecule has 5 nitrogen and oxygen atoms in total. The van der Waals surface area contributed by atoms with E-state index in [2.05, 4.69) is 58.6 Å². The molecule has 1 saturated heterocycles. The van der Waals surface area contributed by atoms with Crippen molar-refractivity contribution in [1.29, 1.82) is 0 Å². The highest BCUT2D eigenvalue weighted by molar-refractivity contribution is 5.79. The number of benzene rings is 1. The summed E-state index contributed by atoms with van der Waals surface area (Å²) in [4.78, 5) is 6.90. The van der Waals surface area contributed by atoms with Gasteiger partial charge in [-0.05, 0) is 37.8 Å². The van der Waals surface area contributed by atoms with Crippen molar-refractivity contribution in [3.8, 4) is 0 Å². The van der Waals surface area contributed by atoms with Gasteiger partial charge in [-0.2, -0.15) is 0 Å². The Labute approximate surface area is 146 Å². The van der Waals surface area contributed by atoms with Crippen molar-refractivity contribution < 1.29 is 4.74 Å². The number of nitrogens with zero attached hydrogens (tertiary/aromatic N) is 2. The van der Waals surface area contributed by atoms with Crippen molar-refractivity contribution >= 4 is 5.96 Å². The molecule has 0 spiro atoms. The molecule has 2 N–H and O–H groups in total. The van der Waals surface area contributed by atoms with E-state index in [4.69, 9.17) is 4.74 Å². The quantitative estimate of drug-likeness (QED) is 0.620. The van der Waals surface area contributed by atoms with Crippen LogP contribution in [-0.4, -0.2) is 50.2 Å². The van der Waals surface area contributed by atoms with E-state index in [0.29, 0.717) is 18.7 Å². The molecule has 0 saturated carbocycles. The first-order valence-corrected chi connectivity index (χ1v) is 8.90. The molecular weight excluding hydrogens is 300 g/mol. The summed E-state index contributed by atoms with van der Waals surface area (Å²) in [5.74, 6) is 0.888. The zero-order valence-electron chi connectivity index (χ0n) is 15.5. The Morgan fingerprint density at radius 2 is 1.83 bits per heavy atom. The molecule has 134 valence electrons. The fourth-order valence-corrected chi connectivity index (χ4v) is 3.05. The summed E-state index contributed by atoms with van der Waals surface area (Å²) in [5, 5.41) is 6.97. The third kappa shape index (κ3) is 5.80. The molecule has 0 bridgehead atoms. The smallest absolute Gasteiger partial charge is 0.191 e. The summed E-state index contributed by atoms with van der Waals surface area (Å²) in [6.45, 7) is 8.29. The van der Waals surface area contributed by atoms with Crippen molar-refractivity contribution in [2.75, 3.05) is 27.2 Å². The standard InChI is InChI=1S/C19H32N4O/c1-15(2)23-11-9-18(10-12-23)22-19(20-3)21-13-16-5-7-17(8-6-16)14-24-4/h5-8,15,18H,9-14H2,1-4H3,(H2,20,21,22). The molecule has 0 radical (unpaired) electrons. The number of aliphatic imine (C=N–C) groups is 1. The molecule has 1 aliphatic rings. The van der Waals surface area contributed by atoms with Gasteiger partial charge in [0.25, 0.3) is 0 Å². The first-order chi connectivity index (χ1) is 11.6. The van der Waals surface area contributed by atoms with Crippen LogP contribution >= 0.6 is 0 Å². The van der Waals surface area contributed by atoms with Crippen LogP contribution in [0.2, 0.25) is 0 Å². The van der Waals surface area contributed by atoms with Crippen LogP contribution in [0.3, 0.4) is 0 Å². The number of piperidine rings is 1. The third-order valence-electron chi connectivity index (χ3n) is 4.62. The number of ether oxygens (including phenoxy) is 1. The number of likely N-dealkylation sites (tertiary alicyclic amines) is 1. The molecule has 0 unspecified atom stereocenters. The SMILES string of the molecule is CN=C(NCc1ccc(COC)cc1)NC1CCN(C(C)C)CC1. The summed E-state index contributed by atoms with van der Waals surface area (Å²) in [5.41, 5.74) is 2.44. The fourth-order valence-electron chi connectivity index (χ4n) is 3.05. The first kappa shape index (κ1) is 18.7. The molecule has 0 atom stereocenters. The summed E-state index contributed by atoms with van der Waals surface area (Å²) in [7, 11) is 3.55. The number of hydrogen-bond acceptors (Lipinski definition) is 3. The van der Waals surface area contributed by atoms with Crippen LogP contribution in [0.15, 0.2) is 29.3 Å². The molecule has 1 aromatic rings. The lowest BCUT2D eigenvalue weighted by Crippen LogP contribution is -2.49. The lowest BCUT2D eigenvalue weighted by atomic mass is 10.0. The van der Waals surface area contributed by atoms with E-state index in [-0.39, 0.29) is 0 Å². The number of hydrogen-bond donors (Lipinski definition) is 2. The van der Waals surface area contributed by atoms with E-state index < -0.39 is 0 Å². The van der Waals surface area contributed by atoms with Crippen LogP contribution in [0.5, 0.6) is 0 Å². The average Bonchev–Trinajstić information content (AvgIpc) is 2.60. The lowest BCUT2D eigenvalue weighted by Gasteiger charge is -2.35. The van der Waals surface area contributed by atoms with Gasteiger partial charge < -0.3 is 20.3 Å². The minimum Gasteiger partial charge on any atom is -0.380 e. The Morgan fingerprint density at radius 3 is 2.38 bits per heavy atom. The van der Waals surface area contributed by atoms with Crippen LogP contribution in [-0.2, 0) is 17.9 Å². The van der Waals surface area contributed by atoms with Gasteiger partial charge >= 0.3 is 0 Å². The topological polar surface area (TPSA) is 48.9 Å². The lowest BCUT2D eigenvalue weighted by molar-refractivity contribution is 0.167. The Morgan fingerprint density at radius 1 is 1.21 bits per heavy atom. The highest BCUT2D eigenvalue weighted by atomic mass is 16.5. The monoisotopic (exact) mass is 332 g/mol.